The van der Waals surface area contributed by atoms with E-state index in [1.165, 1.54) is 12.1 Å². The number of nitrogens with one attached hydrogen (secondary N) is 1. The number of amides is 1. The summed E-state index contributed by atoms with van der Waals surface area (Å²) in [4.78, 5) is 11.5. The van der Waals surface area contributed by atoms with Crippen molar-refractivity contribution < 1.29 is 14.3 Å². The molecule has 94 valence electrons. The van der Waals surface area contributed by atoms with E-state index in [0.29, 0.717) is 19.3 Å². The maximum atomic E-state index is 12.7. The van der Waals surface area contributed by atoms with Crippen molar-refractivity contribution in [1.82, 2.24) is 5.32 Å². The van der Waals surface area contributed by atoms with E-state index in [1.807, 2.05) is 6.92 Å². The smallest absolute Gasteiger partial charge is 0.220 e. The van der Waals surface area contributed by atoms with Gasteiger partial charge in [-0.1, -0.05) is 12.1 Å². The summed E-state index contributed by atoms with van der Waals surface area (Å²) in [6.45, 7) is 1.97. The Morgan fingerprint density at radius 3 is 2.59 bits per heavy atom. The summed E-state index contributed by atoms with van der Waals surface area (Å²) >= 11 is 0. The molecule has 1 atom stereocenters. The molecule has 1 aromatic rings. The minimum atomic E-state index is -0.282. The van der Waals surface area contributed by atoms with Gasteiger partial charge in [0, 0.05) is 13.0 Å². The molecule has 0 bridgehead atoms. The summed E-state index contributed by atoms with van der Waals surface area (Å²) in [5.74, 6) is -0.328. The summed E-state index contributed by atoms with van der Waals surface area (Å²) in [5, 5.41) is 11.4. The third-order valence-electron chi connectivity index (χ3n) is 2.56. The lowest BCUT2D eigenvalue weighted by Crippen LogP contribution is -2.26. The topological polar surface area (TPSA) is 49.3 Å². The van der Waals surface area contributed by atoms with Gasteiger partial charge in [-0.25, -0.2) is 4.39 Å². The van der Waals surface area contributed by atoms with Crippen LogP contribution >= 0.6 is 0 Å². The van der Waals surface area contributed by atoms with E-state index in [2.05, 4.69) is 5.32 Å². The number of rotatable bonds is 6. The van der Waals surface area contributed by atoms with E-state index in [9.17, 15) is 9.18 Å². The summed E-state index contributed by atoms with van der Waals surface area (Å²) in [7, 11) is 0. The molecule has 0 aliphatic heterocycles. The third kappa shape index (κ3) is 4.95. The van der Waals surface area contributed by atoms with Crippen LogP contribution in [0.5, 0.6) is 0 Å². The van der Waals surface area contributed by atoms with Gasteiger partial charge in [-0.05, 0) is 37.5 Å². The Kier molecular flexibility index (Phi) is 5.63. The molecule has 1 amide bonds. The van der Waals surface area contributed by atoms with Crippen LogP contribution < -0.4 is 5.32 Å². The number of hydrogen-bond acceptors (Lipinski definition) is 2. The lowest BCUT2D eigenvalue weighted by Gasteiger charge is -2.14. The normalized spacial score (nSPS) is 12.2. The van der Waals surface area contributed by atoms with Crippen molar-refractivity contribution in [3.63, 3.8) is 0 Å². The maximum Gasteiger partial charge on any atom is 0.220 e. The van der Waals surface area contributed by atoms with E-state index < -0.39 is 0 Å². The van der Waals surface area contributed by atoms with Gasteiger partial charge in [-0.15, -0.1) is 0 Å². The van der Waals surface area contributed by atoms with Crippen molar-refractivity contribution in [2.45, 2.75) is 32.2 Å². The Balaban J connectivity index is 2.40. The second-order valence-corrected chi connectivity index (χ2v) is 4.02. The van der Waals surface area contributed by atoms with Crippen LogP contribution in [-0.4, -0.2) is 17.6 Å². The molecule has 0 fully saturated rings. The predicted molar refractivity (Wildman–Crippen MR) is 63.9 cm³/mol. The zero-order valence-electron chi connectivity index (χ0n) is 9.95. The first-order valence-corrected chi connectivity index (χ1v) is 5.79. The minimum Gasteiger partial charge on any atom is -0.396 e. The first kappa shape index (κ1) is 13.6. The quantitative estimate of drug-likeness (QED) is 0.747. The van der Waals surface area contributed by atoms with Gasteiger partial charge in [-0.2, -0.15) is 0 Å². The molecule has 1 aromatic carbocycles. The molecule has 0 heterocycles. The molecule has 2 N–H and O–H groups in total. The number of unbranched alkanes of at least 4 members (excludes halogenated alkanes) is 1. The Bertz CT molecular complexity index is 351. The zero-order valence-corrected chi connectivity index (χ0v) is 9.95. The van der Waals surface area contributed by atoms with Crippen LogP contribution in [0.3, 0.4) is 0 Å². The van der Waals surface area contributed by atoms with Gasteiger partial charge >= 0.3 is 0 Å². The average Bonchev–Trinajstić information content (AvgIpc) is 2.30. The number of aliphatic hydroxyl groups excluding tert-OH is 1. The Morgan fingerprint density at radius 2 is 2.00 bits per heavy atom. The van der Waals surface area contributed by atoms with Crippen molar-refractivity contribution in [3.8, 4) is 0 Å². The molecule has 3 nitrogen and oxygen atoms in total. The highest BCUT2D eigenvalue weighted by atomic mass is 19.1. The standard InChI is InChI=1S/C13H18FNO2/c1-10(11-5-7-12(14)8-6-11)15-13(17)4-2-3-9-16/h5-8,10,16H,2-4,9H2,1H3,(H,15,17)/t10-/m0/s1. The van der Waals surface area contributed by atoms with Crippen LogP contribution in [0.25, 0.3) is 0 Å². The van der Waals surface area contributed by atoms with E-state index in [-0.39, 0.29) is 24.4 Å². The van der Waals surface area contributed by atoms with Gasteiger partial charge in [-0.3, -0.25) is 4.79 Å². The lowest BCUT2D eigenvalue weighted by atomic mass is 10.1. The van der Waals surface area contributed by atoms with Crippen molar-refractivity contribution in [2.75, 3.05) is 6.61 Å². The highest BCUT2D eigenvalue weighted by Crippen LogP contribution is 2.13. The van der Waals surface area contributed by atoms with Gasteiger partial charge in [0.15, 0.2) is 0 Å². The van der Waals surface area contributed by atoms with E-state index in [0.717, 1.165) is 5.56 Å². The molecule has 0 aliphatic carbocycles. The number of carbonyl (C=O) groups excluding carboxylic acids is 1. The molecule has 0 saturated carbocycles. The van der Waals surface area contributed by atoms with Crippen molar-refractivity contribution >= 4 is 5.91 Å². The van der Waals surface area contributed by atoms with Crippen LogP contribution in [0.1, 0.15) is 37.8 Å². The number of aliphatic hydroxyl groups is 1. The highest BCUT2D eigenvalue weighted by Gasteiger charge is 2.08. The SMILES string of the molecule is C[C@H](NC(=O)CCCCO)c1ccc(F)cc1. The fourth-order valence-electron chi connectivity index (χ4n) is 1.55. The molecule has 0 radical (unpaired) electrons. The number of benzene rings is 1. The van der Waals surface area contributed by atoms with Gasteiger partial charge in [0.05, 0.1) is 6.04 Å². The average molecular weight is 239 g/mol. The predicted octanol–water partition coefficient (Wildman–Crippen LogP) is 2.17. The first-order chi connectivity index (χ1) is 8.13. The molecule has 0 unspecified atom stereocenters. The zero-order chi connectivity index (χ0) is 12.7. The second kappa shape index (κ2) is 7.01. The van der Waals surface area contributed by atoms with Crippen LogP contribution in [-0.2, 0) is 4.79 Å². The molecule has 1 rings (SSSR count). The van der Waals surface area contributed by atoms with E-state index in [1.54, 1.807) is 12.1 Å². The Labute approximate surface area is 101 Å². The summed E-state index contributed by atoms with van der Waals surface area (Å²) in [6, 6.07) is 5.95. The van der Waals surface area contributed by atoms with Crippen molar-refractivity contribution in [2.24, 2.45) is 0 Å². The molecule has 17 heavy (non-hydrogen) atoms. The highest BCUT2D eigenvalue weighted by molar-refractivity contribution is 5.76. The molecular weight excluding hydrogens is 221 g/mol. The number of hydrogen-bond donors (Lipinski definition) is 2. The third-order valence-corrected chi connectivity index (χ3v) is 2.56. The molecule has 4 heteroatoms. The van der Waals surface area contributed by atoms with Crippen LogP contribution in [0.2, 0.25) is 0 Å². The fraction of sp³-hybridized carbons (Fsp3) is 0.462. The lowest BCUT2D eigenvalue weighted by molar-refractivity contribution is -0.121. The van der Waals surface area contributed by atoms with E-state index in [4.69, 9.17) is 5.11 Å². The summed E-state index contributed by atoms with van der Waals surface area (Å²) < 4.78 is 12.7. The fourth-order valence-corrected chi connectivity index (χ4v) is 1.55. The summed E-state index contributed by atoms with van der Waals surface area (Å²) in [5.41, 5.74) is 0.877. The number of halogens is 1. The molecule has 0 aromatic heterocycles. The van der Waals surface area contributed by atoms with E-state index >= 15 is 0 Å². The Morgan fingerprint density at radius 1 is 1.35 bits per heavy atom. The minimum absolute atomic E-state index is 0.0460. The van der Waals surface area contributed by atoms with Gasteiger partial charge in [0.2, 0.25) is 5.91 Å². The Hall–Kier alpha value is -1.42. The molecular formula is C13H18FNO2. The number of carbonyl (C=O) groups is 1. The first-order valence-electron chi connectivity index (χ1n) is 5.79. The summed E-state index contributed by atoms with van der Waals surface area (Å²) in [6.07, 6.45) is 1.73. The molecule has 0 spiro atoms. The van der Waals surface area contributed by atoms with Gasteiger partial charge in [0.1, 0.15) is 5.82 Å². The second-order valence-electron chi connectivity index (χ2n) is 4.02. The van der Waals surface area contributed by atoms with Crippen LogP contribution in [0.4, 0.5) is 4.39 Å². The van der Waals surface area contributed by atoms with Crippen molar-refractivity contribution in [3.05, 3.63) is 35.6 Å². The van der Waals surface area contributed by atoms with Crippen LogP contribution in [0.15, 0.2) is 24.3 Å². The van der Waals surface area contributed by atoms with Crippen LogP contribution in [0, 0.1) is 5.82 Å². The monoisotopic (exact) mass is 239 g/mol. The molecule has 0 saturated heterocycles. The largest absolute Gasteiger partial charge is 0.396 e. The maximum absolute atomic E-state index is 12.7. The molecule has 0 aliphatic rings. The van der Waals surface area contributed by atoms with Crippen molar-refractivity contribution in [1.29, 1.82) is 0 Å². The van der Waals surface area contributed by atoms with Gasteiger partial charge < -0.3 is 10.4 Å². The van der Waals surface area contributed by atoms with Gasteiger partial charge in [0.25, 0.3) is 0 Å².